The molecule has 1 aromatic rings. The van der Waals surface area contributed by atoms with Crippen molar-refractivity contribution in [3.63, 3.8) is 0 Å². The van der Waals surface area contributed by atoms with E-state index in [9.17, 15) is 8.42 Å². The minimum absolute atomic E-state index is 0.540. The molecule has 1 heterocycles. The number of unbranched alkanes of at least 4 members (excludes halogenated alkanes) is 9. The van der Waals surface area contributed by atoms with Gasteiger partial charge in [0.15, 0.2) is 0 Å². The molecule has 0 radical (unpaired) electrons. The molecule has 0 amide bonds. The normalized spacial score (nSPS) is 11.7. The van der Waals surface area contributed by atoms with Crippen LogP contribution < -0.4 is 4.72 Å². The van der Waals surface area contributed by atoms with Crippen LogP contribution in [0.2, 0.25) is 0 Å². The molecule has 0 aliphatic rings. The second-order valence-corrected chi connectivity index (χ2v) is 7.85. The lowest BCUT2D eigenvalue weighted by molar-refractivity contribution is 0.490. The molecule has 0 saturated heterocycles. The van der Waals surface area contributed by atoms with Crippen LogP contribution in [0.15, 0.2) is 11.4 Å². The average molecular weight is 348 g/mol. The molecule has 0 aliphatic carbocycles. The Kier molecular flexibility index (Phi) is 9.75. The summed E-state index contributed by atoms with van der Waals surface area (Å²) in [5, 5.41) is 2.39. The van der Waals surface area contributed by atoms with E-state index in [0.29, 0.717) is 5.00 Å². The van der Waals surface area contributed by atoms with Crippen LogP contribution in [0.5, 0.6) is 0 Å². The summed E-state index contributed by atoms with van der Waals surface area (Å²) in [4.78, 5) is 0. The van der Waals surface area contributed by atoms with E-state index in [4.69, 9.17) is 4.55 Å². The highest BCUT2D eigenvalue weighted by Gasteiger charge is 2.10. The first-order valence-electron chi connectivity index (χ1n) is 8.34. The predicted molar refractivity (Wildman–Crippen MR) is 95.0 cm³/mol. The van der Waals surface area contributed by atoms with E-state index in [2.05, 4.69) is 11.6 Å². The molecule has 6 heteroatoms. The zero-order valence-corrected chi connectivity index (χ0v) is 15.1. The van der Waals surface area contributed by atoms with E-state index in [1.54, 1.807) is 0 Å². The van der Waals surface area contributed by atoms with Crippen molar-refractivity contribution >= 4 is 26.6 Å². The zero-order chi connectivity index (χ0) is 16.3. The van der Waals surface area contributed by atoms with Crippen molar-refractivity contribution in [1.82, 2.24) is 0 Å². The van der Waals surface area contributed by atoms with Crippen LogP contribution in [0.25, 0.3) is 0 Å². The van der Waals surface area contributed by atoms with Gasteiger partial charge in [-0.15, -0.1) is 11.3 Å². The molecule has 4 nitrogen and oxygen atoms in total. The summed E-state index contributed by atoms with van der Waals surface area (Å²) in [5.74, 6) is 0. The first-order valence-corrected chi connectivity index (χ1v) is 10.7. The van der Waals surface area contributed by atoms with Gasteiger partial charge in [0, 0.05) is 0 Å². The summed E-state index contributed by atoms with van der Waals surface area (Å²) in [5.41, 5.74) is 0.974. The van der Waals surface area contributed by atoms with Crippen LogP contribution in [0.1, 0.15) is 76.7 Å². The number of hydrogen-bond acceptors (Lipinski definition) is 3. The molecule has 0 bridgehead atoms. The topological polar surface area (TPSA) is 66.4 Å². The molecule has 22 heavy (non-hydrogen) atoms. The monoisotopic (exact) mass is 347 g/mol. The van der Waals surface area contributed by atoms with E-state index in [0.717, 1.165) is 18.4 Å². The smallest absolute Gasteiger partial charge is 0.269 e. The Morgan fingerprint density at radius 3 is 2.09 bits per heavy atom. The Labute approximate surface area is 139 Å². The molecule has 0 aromatic carbocycles. The lowest BCUT2D eigenvalue weighted by Gasteiger charge is -2.05. The molecule has 0 aliphatic heterocycles. The summed E-state index contributed by atoms with van der Waals surface area (Å²) >= 11 is 1.31. The van der Waals surface area contributed by atoms with E-state index < -0.39 is 10.3 Å². The Morgan fingerprint density at radius 1 is 1.00 bits per heavy atom. The molecular weight excluding hydrogens is 318 g/mol. The minimum Gasteiger partial charge on any atom is -0.269 e. The number of hydrogen-bond donors (Lipinski definition) is 2. The van der Waals surface area contributed by atoms with E-state index in [1.807, 2.05) is 11.4 Å². The Balaban J connectivity index is 2.07. The number of aryl methyl sites for hydroxylation is 1. The fourth-order valence-corrected chi connectivity index (χ4v) is 4.11. The maximum Gasteiger partial charge on any atom is 0.358 e. The van der Waals surface area contributed by atoms with Crippen LogP contribution in [0.3, 0.4) is 0 Å². The van der Waals surface area contributed by atoms with Crippen LogP contribution in [-0.2, 0) is 16.7 Å². The van der Waals surface area contributed by atoms with Crippen molar-refractivity contribution in [2.45, 2.75) is 77.6 Å². The van der Waals surface area contributed by atoms with Crippen LogP contribution in [0, 0.1) is 0 Å². The van der Waals surface area contributed by atoms with Crippen LogP contribution >= 0.6 is 11.3 Å². The summed E-state index contributed by atoms with van der Waals surface area (Å²) in [6.07, 6.45) is 13.7. The van der Waals surface area contributed by atoms with Crippen molar-refractivity contribution in [2.24, 2.45) is 0 Å². The quantitative estimate of drug-likeness (QED) is 0.369. The second kappa shape index (κ2) is 11.0. The Hall–Kier alpha value is -0.590. The van der Waals surface area contributed by atoms with Gasteiger partial charge < -0.3 is 0 Å². The second-order valence-electron chi connectivity index (χ2n) is 5.78. The third kappa shape index (κ3) is 9.43. The van der Waals surface area contributed by atoms with Crippen molar-refractivity contribution in [3.05, 3.63) is 17.0 Å². The third-order valence-corrected chi connectivity index (χ3v) is 5.23. The van der Waals surface area contributed by atoms with Gasteiger partial charge in [-0.25, -0.2) is 0 Å². The van der Waals surface area contributed by atoms with Gasteiger partial charge in [-0.05, 0) is 29.9 Å². The predicted octanol–water partition coefficient (Wildman–Crippen LogP) is 5.43. The zero-order valence-electron chi connectivity index (χ0n) is 13.5. The Morgan fingerprint density at radius 2 is 1.55 bits per heavy atom. The van der Waals surface area contributed by atoms with Crippen molar-refractivity contribution in [3.8, 4) is 0 Å². The molecule has 128 valence electrons. The van der Waals surface area contributed by atoms with Crippen molar-refractivity contribution in [2.75, 3.05) is 4.72 Å². The summed E-state index contributed by atoms with van der Waals surface area (Å²) < 4.78 is 32.7. The van der Waals surface area contributed by atoms with Crippen LogP contribution in [-0.4, -0.2) is 13.0 Å². The van der Waals surface area contributed by atoms with Crippen LogP contribution in [0.4, 0.5) is 5.00 Å². The molecular formula is C16H29NO3S2. The molecule has 0 atom stereocenters. The average Bonchev–Trinajstić information content (AvgIpc) is 2.86. The molecule has 0 unspecified atom stereocenters. The molecule has 2 N–H and O–H groups in total. The number of rotatable bonds is 13. The maximum atomic E-state index is 10.8. The van der Waals surface area contributed by atoms with Gasteiger partial charge in [0.1, 0.15) is 5.00 Å². The van der Waals surface area contributed by atoms with Gasteiger partial charge in [-0.2, -0.15) is 8.42 Å². The first kappa shape index (κ1) is 19.5. The standard InChI is InChI=1S/C16H29NO3S2/c1-2-3-4-5-6-7-8-9-10-11-12-15-13-14-21-16(15)17-22(18,19)20/h13-14,17H,2-12H2,1H3,(H,18,19,20). The van der Waals surface area contributed by atoms with Gasteiger partial charge >= 0.3 is 10.3 Å². The van der Waals surface area contributed by atoms with Gasteiger partial charge in [-0.1, -0.05) is 64.7 Å². The molecule has 1 aromatic heterocycles. The minimum atomic E-state index is -4.16. The molecule has 0 spiro atoms. The number of thiophene rings is 1. The van der Waals surface area contributed by atoms with Gasteiger partial charge in [0.25, 0.3) is 0 Å². The molecule has 0 fully saturated rings. The number of nitrogens with one attached hydrogen (secondary N) is 1. The third-order valence-electron chi connectivity index (χ3n) is 3.77. The molecule has 1 rings (SSSR count). The highest BCUT2D eigenvalue weighted by Crippen LogP contribution is 2.26. The molecule has 0 saturated carbocycles. The lowest BCUT2D eigenvalue weighted by atomic mass is 10.0. The largest absolute Gasteiger partial charge is 0.358 e. The van der Waals surface area contributed by atoms with E-state index in [-0.39, 0.29) is 0 Å². The van der Waals surface area contributed by atoms with Crippen molar-refractivity contribution in [1.29, 1.82) is 0 Å². The SMILES string of the molecule is CCCCCCCCCCCCc1ccsc1NS(=O)(=O)O. The summed E-state index contributed by atoms with van der Waals surface area (Å²) in [7, 11) is -4.16. The summed E-state index contributed by atoms with van der Waals surface area (Å²) in [6, 6.07) is 1.92. The fraction of sp³-hybridized carbons (Fsp3) is 0.750. The van der Waals surface area contributed by atoms with Gasteiger partial charge in [-0.3, -0.25) is 9.27 Å². The first-order chi connectivity index (χ1) is 10.5. The van der Waals surface area contributed by atoms with E-state index in [1.165, 1.54) is 69.1 Å². The van der Waals surface area contributed by atoms with Gasteiger partial charge in [0.2, 0.25) is 0 Å². The highest BCUT2D eigenvalue weighted by atomic mass is 32.2. The summed E-state index contributed by atoms with van der Waals surface area (Å²) in [6.45, 7) is 2.24. The van der Waals surface area contributed by atoms with Gasteiger partial charge in [0.05, 0.1) is 0 Å². The highest BCUT2D eigenvalue weighted by molar-refractivity contribution is 7.87. The maximum absolute atomic E-state index is 10.8. The van der Waals surface area contributed by atoms with E-state index >= 15 is 0 Å². The fourth-order valence-electron chi connectivity index (χ4n) is 2.54. The van der Waals surface area contributed by atoms with Crippen molar-refractivity contribution < 1.29 is 13.0 Å². The lowest BCUT2D eigenvalue weighted by Crippen LogP contribution is -2.10. The Bertz CT molecular complexity index is 497. The number of anilines is 1.